The fourth-order valence-electron chi connectivity index (χ4n) is 6.67. The molecule has 12 heteroatoms. The number of allylic oxidation sites excluding steroid dienone is 2. The van der Waals surface area contributed by atoms with Gasteiger partial charge in [-0.3, -0.25) is 0 Å². The first-order chi connectivity index (χ1) is 28.3. The zero-order chi connectivity index (χ0) is 41.0. The molecule has 6 rings (SSSR count). The Morgan fingerprint density at radius 2 is 0.948 bits per heavy atom. The third-order valence-corrected chi connectivity index (χ3v) is 9.71. The number of benzene rings is 4. The molecule has 0 amide bonds. The predicted octanol–water partition coefficient (Wildman–Crippen LogP) is 9.44. The number of hydrogen-bond acceptors (Lipinski definition) is 12. The van der Waals surface area contributed by atoms with Gasteiger partial charge in [-0.05, 0) is 122 Å². The smallest absolute Gasteiger partial charge is 0.342 e. The van der Waals surface area contributed by atoms with E-state index in [-0.39, 0.29) is 37.6 Å². The van der Waals surface area contributed by atoms with E-state index in [0.29, 0.717) is 91.6 Å². The molecule has 12 nitrogen and oxygen atoms in total. The molecule has 304 valence electrons. The van der Waals surface area contributed by atoms with E-state index in [1.54, 1.807) is 87.0 Å². The molecule has 0 spiro atoms. The predicted molar refractivity (Wildman–Crippen MR) is 219 cm³/mol. The molecule has 2 heterocycles. The Morgan fingerprint density at radius 3 is 1.29 bits per heavy atom. The Labute approximate surface area is 336 Å². The molecule has 0 aliphatic carbocycles. The number of hydrogen-bond donors (Lipinski definition) is 2. The number of aliphatic hydroxyl groups excluding tert-OH is 2. The first kappa shape index (κ1) is 41.4. The number of furan rings is 2. The average Bonchev–Trinajstić information content (AvgIpc) is 3.85. The standard InChI is InChI=1S/C46H48O12/c1-51-33-17-13-31(14-18-33)41-39(35-23-29(27-47)25-37(53-3)43(35)57-41)45(49)55-21-11-9-7-5-6-8-10-12-22-56-46(50)40-36-24-30(28-48)26-38(54-4)44(36)58-42(40)32-15-19-34(52-2)20-16-32/h5-6,13-20,23-26,47-48H,7-12,21-22,27-28H2,1-4H3. The largest absolute Gasteiger partial charge is 0.497 e. The molecular weight excluding hydrogens is 744 g/mol. The van der Waals surface area contributed by atoms with Gasteiger partial charge in [0.2, 0.25) is 0 Å². The summed E-state index contributed by atoms with van der Waals surface area (Å²) in [5, 5.41) is 20.7. The number of ether oxygens (including phenoxy) is 6. The second kappa shape index (κ2) is 19.8. The lowest BCUT2D eigenvalue weighted by Crippen LogP contribution is -2.07. The molecule has 0 atom stereocenters. The lowest BCUT2D eigenvalue weighted by molar-refractivity contribution is 0.0491. The molecule has 58 heavy (non-hydrogen) atoms. The highest BCUT2D eigenvalue weighted by molar-refractivity contribution is 6.11. The van der Waals surface area contributed by atoms with Gasteiger partial charge in [-0.1, -0.05) is 12.2 Å². The molecule has 6 aromatic rings. The fourth-order valence-corrected chi connectivity index (χ4v) is 6.67. The van der Waals surface area contributed by atoms with E-state index in [2.05, 4.69) is 12.2 Å². The minimum Gasteiger partial charge on any atom is -0.497 e. The van der Waals surface area contributed by atoms with Gasteiger partial charge in [0, 0.05) is 21.9 Å². The minimum atomic E-state index is -0.523. The van der Waals surface area contributed by atoms with Crippen molar-refractivity contribution in [2.24, 2.45) is 0 Å². The number of fused-ring (bicyclic) bond motifs is 2. The van der Waals surface area contributed by atoms with Crippen molar-refractivity contribution in [3.63, 3.8) is 0 Å². The van der Waals surface area contributed by atoms with Crippen molar-refractivity contribution in [3.05, 3.63) is 107 Å². The van der Waals surface area contributed by atoms with Gasteiger partial charge >= 0.3 is 11.9 Å². The Kier molecular flexibility index (Phi) is 14.1. The van der Waals surface area contributed by atoms with Gasteiger partial charge in [-0.15, -0.1) is 0 Å². The number of esters is 2. The van der Waals surface area contributed by atoms with Crippen LogP contribution in [0.4, 0.5) is 0 Å². The topological polar surface area (TPSA) is 156 Å². The second-order valence-electron chi connectivity index (χ2n) is 13.5. The molecule has 0 fully saturated rings. The molecule has 2 N–H and O–H groups in total. The molecule has 0 saturated heterocycles. The highest BCUT2D eigenvalue weighted by atomic mass is 16.5. The van der Waals surface area contributed by atoms with Crippen molar-refractivity contribution in [1.29, 1.82) is 0 Å². The molecular formula is C46H48O12. The summed E-state index contributed by atoms with van der Waals surface area (Å²) in [6.45, 7) is -0.0102. The minimum absolute atomic E-state index is 0.226. The highest BCUT2D eigenvalue weighted by Crippen LogP contribution is 2.41. The van der Waals surface area contributed by atoms with Gasteiger partial charge in [0.1, 0.15) is 34.1 Å². The molecule has 0 aliphatic heterocycles. The number of carbonyl (C=O) groups is 2. The van der Waals surface area contributed by atoms with Crippen LogP contribution in [0.1, 0.15) is 70.4 Å². The maximum Gasteiger partial charge on any atom is 0.342 e. The van der Waals surface area contributed by atoms with E-state index in [9.17, 15) is 19.8 Å². The van der Waals surface area contributed by atoms with Crippen LogP contribution in [-0.4, -0.2) is 63.8 Å². The van der Waals surface area contributed by atoms with Gasteiger partial charge in [-0.25, -0.2) is 9.59 Å². The highest BCUT2D eigenvalue weighted by Gasteiger charge is 2.28. The Morgan fingerprint density at radius 1 is 0.552 bits per heavy atom. The summed E-state index contributed by atoms with van der Waals surface area (Å²) in [4.78, 5) is 27.1. The van der Waals surface area contributed by atoms with E-state index < -0.39 is 11.9 Å². The van der Waals surface area contributed by atoms with Crippen LogP contribution in [0.2, 0.25) is 0 Å². The lowest BCUT2D eigenvalue weighted by Gasteiger charge is -2.07. The van der Waals surface area contributed by atoms with Crippen LogP contribution in [0, 0.1) is 0 Å². The fraction of sp³-hybridized carbons (Fsp3) is 0.304. The normalized spacial score (nSPS) is 11.3. The van der Waals surface area contributed by atoms with Gasteiger partial charge in [-0.2, -0.15) is 0 Å². The lowest BCUT2D eigenvalue weighted by atomic mass is 10.0. The molecule has 2 aromatic heterocycles. The summed E-state index contributed by atoms with van der Waals surface area (Å²) < 4.78 is 45.5. The first-order valence-electron chi connectivity index (χ1n) is 19.1. The van der Waals surface area contributed by atoms with Crippen molar-refractivity contribution < 1.29 is 57.1 Å². The molecule has 0 radical (unpaired) electrons. The van der Waals surface area contributed by atoms with Crippen molar-refractivity contribution in [3.8, 4) is 45.6 Å². The van der Waals surface area contributed by atoms with E-state index >= 15 is 0 Å². The average molecular weight is 793 g/mol. The summed E-state index contributed by atoms with van der Waals surface area (Å²) in [5.74, 6) is 1.80. The van der Waals surface area contributed by atoms with Crippen LogP contribution >= 0.6 is 0 Å². The Balaban J connectivity index is 0.983. The molecule has 0 aliphatic rings. The van der Waals surface area contributed by atoms with E-state index in [1.807, 2.05) is 0 Å². The SMILES string of the molecule is COc1ccc(-c2oc3c(OC)cc(CO)cc3c2C(=O)OCCCCC=CCCCCOC(=O)c2c(-c3ccc(OC)cc3)oc3c(OC)cc(CO)cc23)cc1. The van der Waals surface area contributed by atoms with Crippen LogP contribution in [-0.2, 0) is 22.7 Å². The zero-order valence-electron chi connectivity index (χ0n) is 33.1. The summed E-state index contributed by atoms with van der Waals surface area (Å²) in [5.41, 5.74) is 3.82. The number of aliphatic hydroxyl groups is 2. The van der Waals surface area contributed by atoms with E-state index in [0.717, 1.165) is 25.7 Å². The summed E-state index contributed by atoms with van der Waals surface area (Å²) in [6, 6.07) is 21.2. The van der Waals surface area contributed by atoms with Crippen molar-refractivity contribution >= 4 is 33.9 Å². The maximum atomic E-state index is 13.5. The zero-order valence-corrected chi connectivity index (χ0v) is 33.1. The maximum absolute atomic E-state index is 13.5. The number of unbranched alkanes of at least 4 members (excludes halogenated alkanes) is 4. The van der Waals surface area contributed by atoms with Crippen molar-refractivity contribution in [1.82, 2.24) is 0 Å². The van der Waals surface area contributed by atoms with Gasteiger partial charge in [0.25, 0.3) is 0 Å². The molecule has 0 bridgehead atoms. The van der Waals surface area contributed by atoms with Crippen LogP contribution in [0.15, 0.2) is 93.8 Å². The van der Waals surface area contributed by atoms with Gasteiger partial charge in [0.05, 0.1) is 54.9 Å². The number of rotatable bonds is 20. The number of carbonyl (C=O) groups excluding carboxylic acids is 2. The summed E-state index contributed by atoms with van der Waals surface area (Å²) >= 11 is 0. The summed E-state index contributed by atoms with van der Waals surface area (Å²) in [6.07, 6.45) is 8.81. The Hall–Kier alpha value is -6.24. The van der Waals surface area contributed by atoms with Crippen LogP contribution in [0.3, 0.4) is 0 Å². The van der Waals surface area contributed by atoms with Crippen LogP contribution < -0.4 is 18.9 Å². The monoisotopic (exact) mass is 792 g/mol. The quantitative estimate of drug-likeness (QED) is 0.0430. The molecule has 4 aromatic carbocycles. The first-order valence-corrected chi connectivity index (χ1v) is 19.1. The number of methoxy groups -OCH3 is 4. The van der Waals surface area contributed by atoms with Crippen LogP contribution in [0.25, 0.3) is 44.6 Å². The van der Waals surface area contributed by atoms with E-state index in [4.69, 9.17) is 37.3 Å². The van der Waals surface area contributed by atoms with Gasteiger partial charge < -0.3 is 47.5 Å². The van der Waals surface area contributed by atoms with Gasteiger partial charge in [0.15, 0.2) is 22.7 Å². The van der Waals surface area contributed by atoms with Crippen molar-refractivity contribution in [2.75, 3.05) is 41.7 Å². The Bertz CT molecular complexity index is 2180. The molecule has 0 unspecified atom stereocenters. The summed E-state index contributed by atoms with van der Waals surface area (Å²) in [7, 11) is 6.18. The van der Waals surface area contributed by atoms with Crippen LogP contribution in [0.5, 0.6) is 23.0 Å². The third-order valence-electron chi connectivity index (χ3n) is 9.71. The third kappa shape index (κ3) is 9.30. The van der Waals surface area contributed by atoms with Crippen molar-refractivity contribution in [2.45, 2.75) is 51.7 Å². The second-order valence-corrected chi connectivity index (χ2v) is 13.5. The van der Waals surface area contributed by atoms with E-state index in [1.165, 1.54) is 14.2 Å². The molecule has 0 saturated carbocycles.